The fraction of sp³-hybridized carbons (Fsp3) is 0.148. The van der Waals surface area contributed by atoms with Gasteiger partial charge in [-0.2, -0.15) is 5.10 Å². The monoisotopic (exact) mass is 473 g/mol. The zero-order valence-electron chi connectivity index (χ0n) is 19.6. The number of nitrogens with one attached hydrogen (secondary N) is 2. The number of rotatable bonds is 4. The third-order valence-corrected chi connectivity index (χ3v) is 6.59. The largest absolute Gasteiger partial charge is 0.352 e. The number of imidazole rings is 1. The molecular weight excluding hydrogens is 450 g/mol. The first-order valence-corrected chi connectivity index (χ1v) is 11.9. The minimum absolute atomic E-state index is 0.189. The zero-order chi connectivity index (χ0) is 24.2. The van der Waals surface area contributed by atoms with Crippen molar-refractivity contribution in [1.29, 1.82) is 0 Å². The molecule has 0 aliphatic carbocycles. The van der Waals surface area contributed by atoms with Crippen molar-refractivity contribution in [2.45, 2.75) is 13.0 Å². The molecular formula is C27H23N9. The molecule has 9 nitrogen and oxygen atoms in total. The van der Waals surface area contributed by atoms with Crippen LogP contribution >= 0.6 is 0 Å². The Morgan fingerprint density at radius 3 is 2.64 bits per heavy atom. The highest BCUT2D eigenvalue weighted by Gasteiger charge is 2.25. The van der Waals surface area contributed by atoms with E-state index in [2.05, 4.69) is 62.3 Å². The van der Waals surface area contributed by atoms with Gasteiger partial charge in [0.2, 0.25) is 0 Å². The molecule has 5 heterocycles. The molecule has 0 amide bonds. The summed E-state index contributed by atoms with van der Waals surface area (Å²) >= 11 is 0. The third-order valence-electron chi connectivity index (χ3n) is 6.59. The number of aromatic nitrogens is 7. The molecule has 6 aromatic rings. The molecule has 0 unspecified atom stereocenters. The highest BCUT2D eigenvalue weighted by Crippen LogP contribution is 2.32. The van der Waals surface area contributed by atoms with Gasteiger partial charge in [0, 0.05) is 24.7 Å². The lowest BCUT2D eigenvalue weighted by Crippen LogP contribution is -2.56. The van der Waals surface area contributed by atoms with E-state index in [0.29, 0.717) is 17.2 Å². The molecule has 4 aromatic heterocycles. The van der Waals surface area contributed by atoms with Crippen LogP contribution in [0.15, 0.2) is 67.0 Å². The number of H-pyrrole nitrogens is 2. The molecule has 1 aliphatic rings. The minimum atomic E-state index is 0.189. The van der Waals surface area contributed by atoms with Gasteiger partial charge in [0.25, 0.3) is 0 Å². The van der Waals surface area contributed by atoms with E-state index >= 15 is 0 Å². The Labute approximate surface area is 206 Å². The van der Waals surface area contributed by atoms with E-state index in [0.717, 1.165) is 57.8 Å². The van der Waals surface area contributed by atoms with Gasteiger partial charge >= 0.3 is 0 Å². The van der Waals surface area contributed by atoms with E-state index in [9.17, 15) is 0 Å². The Hall–Kier alpha value is -4.63. The summed E-state index contributed by atoms with van der Waals surface area (Å²) in [5, 5.41) is 7.63. The van der Waals surface area contributed by atoms with E-state index < -0.39 is 0 Å². The molecule has 7 rings (SSSR count). The van der Waals surface area contributed by atoms with Gasteiger partial charge in [-0.3, -0.25) is 10.1 Å². The lowest BCUT2D eigenvalue weighted by atomic mass is 10.0. The summed E-state index contributed by atoms with van der Waals surface area (Å²) < 4.78 is 0. The van der Waals surface area contributed by atoms with E-state index in [1.165, 1.54) is 5.56 Å². The summed E-state index contributed by atoms with van der Waals surface area (Å²) in [6.45, 7) is 3.66. The maximum absolute atomic E-state index is 5.93. The van der Waals surface area contributed by atoms with Crippen LogP contribution in [-0.2, 0) is 0 Å². The maximum Gasteiger partial charge on any atom is 0.161 e. The Balaban J connectivity index is 1.31. The number of nitrogens with zero attached hydrogens (tertiary/aromatic N) is 6. The maximum atomic E-state index is 5.93. The highest BCUT2D eigenvalue weighted by molar-refractivity contribution is 5.96. The Kier molecular flexibility index (Phi) is 4.58. The Morgan fingerprint density at radius 2 is 1.78 bits per heavy atom. The summed E-state index contributed by atoms with van der Waals surface area (Å²) in [7, 11) is 0. The summed E-state index contributed by atoms with van der Waals surface area (Å²) in [4.78, 5) is 24.6. The van der Waals surface area contributed by atoms with Crippen LogP contribution in [0.4, 0.5) is 5.82 Å². The molecule has 176 valence electrons. The van der Waals surface area contributed by atoms with Gasteiger partial charge in [0.05, 0.1) is 34.6 Å². The Bertz CT molecular complexity index is 1740. The number of nitrogens with two attached hydrogens (primary N) is 1. The number of hydrogen-bond acceptors (Lipinski definition) is 7. The van der Waals surface area contributed by atoms with Crippen LogP contribution in [-0.4, -0.2) is 54.2 Å². The molecule has 36 heavy (non-hydrogen) atoms. The van der Waals surface area contributed by atoms with Crippen molar-refractivity contribution in [1.82, 2.24) is 35.1 Å². The number of fused-ring (bicyclic) bond motifs is 2. The molecule has 9 heteroatoms. The van der Waals surface area contributed by atoms with Crippen molar-refractivity contribution in [2.75, 3.05) is 18.0 Å². The Morgan fingerprint density at radius 1 is 0.889 bits per heavy atom. The predicted molar refractivity (Wildman–Crippen MR) is 140 cm³/mol. The van der Waals surface area contributed by atoms with Gasteiger partial charge in [-0.15, -0.1) is 0 Å². The van der Waals surface area contributed by atoms with Gasteiger partial charge in [-0.25, -0.2) is 15.0 Å². The number of anilines is 1. The minimum Gasteiger partial charge on any atom is -0.352 e. The van der Waals surface area contributed by atoms with E-state index in [4.69, 9.17) is 20.7 Å². The molecule has 0 saturated carbocycles. The van der Waals surface area contributed by atoms with Crippen LogP contribution in [0.3, 0.4) is 0 Å². The van der Waals surface area contributed by atoms with Crippen LogP contribution < -0.4 is 10.6 Å². The number of aromatic amines is 2. The first-order chi connectivity index (χ1) is 17.6. The lowest BCUT2D eigenvalue weighted by molar-refractivity contribution is 0.514. The van der Waals surface area contributed by atoms with Crippen LogP contribution in [0, 0.1) is 6.92 Å². The molecule has 0 bridgehead atoms. The fourth-order valence-corrected chi connectivity index (χ4v) is 4.73. The highest BCUT2D eigenvalue weighted by atomic mass is 15.3. The van der Waals surface area contributed by atoms with Crippen molar-refractivity contribution < 1.29 is 0 Å². The smallest absolute Gasteiger partial charge is 0.161 e. The van der Waals surface area contributed by atoms with Crippen LogP contribution in [0.25, 0.3) is 56.1 Å². The van der Waals surface area contributed by atoms with E-state index in [-0.39, 0.29) is 6.04 Å². The first-order valence-electron chi connectivity index (χ1n) is 11.9. The molecule has 2 aromatic carbocycles. The van der Waals surface area contributed by atoms with Crippen LogP contribution in [0.1, 0.15) is 5.56 Å². The molecule has 4 N–H and O–H groups in total. The standard InChI is InChI=1S/C27H23N9/c1-15-4-2-5-16(10-15)18-6-3-7-20-24(18)33-27(32-20)26-25-21(34-35-26)9-8-19(31-25)22-11-29-12-23(30-22)36-13-17(28)14-36/h2-12,17H,13-14,28H2,1H3,(H,32,33)(H,34,35). The molecule has 0 atom stereocenters. The lowest BCUT2D eigenvalue weighted by Gasteiger charge is -2.37. The van der Waals surface area contributed by atoms with Gasteiger partial charge in [-0.05, 0) is 30.7 Å². The molecule has 1 aliphatic heterocycles. The number of pyridine rings is 1. The van der Waals surface area contributed by atoms with Gasteiger partial charge in [0.1, 0.15) is 17.0 Å². The number of hydrogen-bond donors (Lipinski definition) is 3. The molecule has 1 saturated heterocycles. The van der Waals surface area contributed by atoms with Crippen molar-refractivity contribution in [2.24, 2.45) is 5.73 Å². The number of para-hydroxylation sites is 1. The van der Waals surface area contributed by atoms with Gasteiger partial charge < -0.3 is 15.6 Å². The molecule has 0 spiro atoms. The van der Waals surface area contributed by atoms with Crippen molar-refractivity contribution >= 4 is 27.9 Å². The van der Waals surface area contributed by atoms with Gasteiger partial charge in [0.15, 0.2) is 11.5 Å². The fourth-order valence-electron chi connectivity index (χ4n) is 4.73. The average Bonchev–Trinajstić information content (AvgIpc) is 3.50. The number of aryl methyl sites for hydroxylation is 1. The number of benzene rings is 2. The summed E-state index contributed by atoms with van der Waals surface area (Å²) in [5.41, 5.74) is 14.8. The van der Waals surface area contributed by atoms with Crippen molar-refractivity contribution in [3.05, 3.63) is 72.6 Å². The third kappa shape index (κ3) is 3.40. The second kappa shape index (κ2) is 7.96. The van der Waals surface area contributed by atoms with Crippen molar-refractivity contribution in [3.8, 4) is 34.0 Å². The topological polar surface area (TPSA) is 125 Å². The van der Waals surface area contributed by atoms with Gasteiger partial charge in [-0.1, -0.05) is 42.0 Å². The summed E-state index contributed by atoms with van der Waals surface area (Å²) in [6, 6.07) is 18.7. The van der Waals surface area contributed by atoms with E-state index in [1.807, 2.05) is 24.3 Å². The first kappa shape index (κ1) is 20.7. The normalized spacial score (nSPS) is 14.0. The van der Waals surface area contributed by atoms with Crippen LogP contribution in [0.5, 0.6) is 0 Å². The summed E-state index contributed by atoms with van der Waals surface area (Å²) in [5.74, 6) is 1.47. The average molecular weight is 474 g/mol. The van der Waals surface area contributed by atoms with Crippen LogP contribution in [0.2, 0.25) is 0 Å². The summed E-state index contributed by atoms with van der Waals surface area (Å²) in [6.07, 6.45) is 3.49. The molecule has 0 radical (unpaired) electrons. The second-order valence-corrected chi connectivity index (χ2v) is 9.25. The SMILES string of the molecule is Cc1cccc(-c2cccc3[nH]c(-c4n[nH]c5ccc(-c6cncc(N7CC(N)C7)n6)nc45)nc23)c1. The zero-order valence-corrected chi connectivity index (χ0v) is 19.6. The van der Waals surface area contributed by atoms with Crippen molar-refractivity contribution in [3.63, 3.8) is 0 Å². The quantitative estimate of drug-likeness (QED) is 0.352. The van der Waals surface area contributed by atoms with E-state index in [1.54, 1.807) is 12.4 Å². The predicted octanol–water partition coefficient (Wildman–Crippen LogP) is 4.08. The second-order valence-electron chi connectivity index (χ2n) is 9.25. The molecule has 1 fully saturated rings.